The number of carbonyl (C=O) groups is 1. The highest BCUT2D eigenvalue weighted by atomic mass is 32.2. The van der Waals surface area contributed by atoms with Crippen LogP contribution in [0, 0.1) is 0 Å². The Labute approximate surface area is 237 Å². The van der Waals surface area contributed by atoms with Crippen LogP contribution < -0.4 is 10.0 Å². The predicted molar refractivity (Wildman–Crippen MR) is 147 cm³/mol. The molecule has 1 aliphatic heterocycles. The standard InChI is InChI=1S/C30H32F3N3O4S/c31-30(32,33)24-7-4-8-25(18-24)41(38,39)35-28(22-5-2-1-3-6-22)19-29(37)34-27-12-10-23-17-21(9-11-26(23)27)20-36-13-15-40-16-14-36/h1-9,11,17-18,27-28,35H,10,12-16,19-20H2,(H,34,37)/t27-,28-/m1/s1. The molecular formula is C30H32F3N3O4S. The lowest BCUT2D eigenvalue weighted by Gasteiger charge is -2.26. The molecule has 3 aromatic rings. The monoisotopic (exact) mass is 587 g/mol. The number of fused-ring (bicyclic) bond motifs is 1. The lowest BCUT2D eigenvalue weighted by molar-refractivity contribution is -0.137. The van der Waals surface area contributed by atoms with E-state index in [9.17, 15) is 26.4 Å². The predicted octanol–water partition coefficient (Wildman–Crippen LogP) is 4.75. The molecule has 11 heteroatoms. The number of halogens is 3. The summed E-state index contributed by atoms with van der Waals surface area (Å²) in [6.07, 6.45) is -3.36. The zero-order valence-electron chi connectivity index (χ0n) is 22.4. The van der Waals surface area contributed by atoms with Gasteiger partial charge in [-0.3, -0.25) is 9.69 Å². The van der Waals surface area contributed by atoms with Crippen LogP contribution in [0.25, 0.3) is 0 Å². The SMILES string of the molecule is O=C(C[C@@H](NS(=O)(=O)c1cccc(C(F)(F)F)c1)c1ccccc1)N[C@@H]1CCc2cc(CN3CCOCC3)ccc21. The normalized spacial score (nSPS) is 18.6. The highest BCUT2D eigenvalue weighted by molar-refractivity contribution is 7.89. The van der Waals surface area contributed by atoms with E-state index in [1.54, 1.807) is 30.3 Å². The van der Waals surface area contributed by atoms with Gasteiger partial charge in [0.15, 0.2) is 0 Å². The number of rotatable bonds is 9. The fourth-order valence-electron chi connectivity index (χ4n) is 5.38. The third-order valence-electron chi connectivity index (χ3n) is 7.49. The van der Waals surface area contributed by atoms with E-state index in [1.807, 2.05) is 6.07 Å². The Morgan fingerprint density at radius 1 is 1.00 bits per heavy atom. The number of alkyl halides is 3. The van der Waals surface area contributed by atoms with Crippen molar-refractivity contribution in [2.24, 2.45) is 0 Å². The molecule has 41 heavy (non-hydrogen) atoms. The molecule has 5 rings (SSSR count). The van der Waals surface area contributed by atoms with Gasteiger partial charge in [0.2, 0.25) is 15.9 Å². The van der Waals surface area contributed by atoms with Crippen LogP contribution in [0.5, 0.6) is 0 Å². The smallest absolute Gasteiger partial charge is 0.379 e. The summed E-state index contributed by atoms with van der Waals surface area (Å²) in [4.78, 5) is 15.0. The van der Waals surface area contributed by atoms with Crippen LogP contribution in [0.3, 0.4) is 0 Å². The first-order valence-electron chi connectivity index (χ1n) is 13.5. The van der Waals surface area contributed by atoms with Gasteiger partial charge in [0.05, 0.1) is 35.8 Å². The van der Waals surface area contributed by atoms with Gasteiger partial charge in [-0.1, -0.05) is 54.6 Å². The van der Waals surface area contributed by atoms with E-state index in [0.29, 0.717) is 11.6 Å². The summed E-state index contributed by atoms with van der Waals surface area (Å²) < 4.78 is 73.8. The maximum atomic E-state index is 13.2. The van der Waals surface area contributed by atoms with Crippen molar-refractivity contribution in [3.63, 3.8) is 0 Å². The van der Waals surface area contributed by atoms with Crippen LogP contribution in [0.2, 0.25) is 0 Å². The van der Waals surface area contributed by atoms with E-state index in [2.05, 4.69) is 27.1 Å². The Balaban J connectivity index is 1.28. The zero-order valence-corrected chi connectivity index (χ0v) is 23.2. The van der Waals surface area contributed by atoms with Crippen LogP contribution in [0.15, 0.2) is 77.7 Å². The van der Waals surface area contributed by atoms with E-state index in [1.165, 1.54) is 11.1 Å². The second-order valence-electron chi connectivity index (χ2n) is 10.4. The van der Waals surface area contributed by atoms with Crippen molar-refractivity contribution in [2.45, 2.75) is 49.0 Å². The number of aryl methyl sites for hydroxylation is 1. The fraction of sp³-hybridized carbons (Fsp3) is 0.367. The number of hydrogen-bond acceptors (Lipinski definition) is 5. The molecule has 2 atom stereocenters. The van der Waals surface area contributed by atoms with Crippen LogP contribution in [0.1, 0.15) is 52.7 Å². The van der Waals surface area contributed by atoms with Crippen molar-refractivity contribution >= 4 is 15.9 Å². The van der Waals surface area contributed by atoms with Crippen molar-refractivity contribution in [1.82, 2.24) is 14.9 Å². The third-order valence-corrected chi connectivity index (χ3v) is 8.96. The Bertz CT molecular complexity index is 1480. The van der Waals surface area contributed by atoms with Crippen LogP contribution in [0.4, 0.5) is 13.2 Å². The van der Waals surface area contributed by atoms with Gasteiger partial charge in [-0.15, -0.1) is 0 Å². The van der Waals surface area contributed by atoms with Crippen molar-refractivity contribution in [3.05, 3.63) is 101 Å². The molecule has 1 heterocycles. The average molecular weight is 588 g/mol. The minimum absolute atomic E-state index is 0.202. The molecule has 218 valence electrons. The van der Waals surface area contributed by atoms with Gasteiger partial charge < -0.3 is 10.1 Å². The summed E-state index contributed by atoms with van der Waals surface area (Å²) in [5.41, 5.74) is 2.90. The summed E-state index contributed by atoms with van der Waals surface area (Å²) in [6, 6.07) is 17.2. The summed E-state index contributed by atoms with van der Waals surface area (Å²) in [7, 11) is -4.37. The number of carbonyl (C=O) groups excluding carboxylic acids is 1. The number of nitrogens with one attached hydrogen (secondary N) is 2. The van der Waals surface area contributed by atoms with E-state index >= 15 is 0 Å². The molecule has 0 unspecified atom stereocenters. The zero-order chi connectivity index (χ0) is 29.0. The van der Waals surface area contributed by atoms with Crippen molar-refractivity contribution < 1.29 is 31.1 Å². The second-order valence-corrected chi connectivity index (χ2v) is 12.1. The quantitative estimate of drug-likeness (QED) is 0.377. The van der Waals surface area contributed by atoms with Gasteiger partial charge in [-0.05, 0) is 53.3 Å². The number of nitrogens with zero attached hydrogens (tertiary/aromatic N) is 1. The average Bonchev–Trinajstić information content (AvgIpc) is 3.35. The minimum atomic E-state index is -4.69. The molecule has 1 amide bonds. The van der Waals surface area contributed by atoms with Crippen molar-refractivity contribution in [1.29, 1.82) is 0 Å². The molecule has 2 N–H and O–H groups in total. The first kappa shape index (κ1) is 29.2. The molecular weight excluding hydrogens is 555 g/mol. The first-order valence-corrected chi connectivity index (χ1v) is 15.0. The summed E-state index contributed by atoms with van der Waals surface area (Å²) in [6.45, 7) is 4.11. The Hall–Kier alpha value is -3.25. The Morgan fingerprint density at radius 3 is 2.49 bits per heavy atom. The Morgan fingerprint density at radius 2 is 1.76 bits per heavy atom. The highest BCUT2D eigenvalue weighted by Gasteiger charge is 2.33. The number of benzene rings is 3. The summed E-state index contributed by atoms with van der Waals surface area (Å²) in [5.74, 6) is -0.360. The summed E-state index contributed by atoms with van der Waals surface area (Å²) >= 11 is 0. The molecule has 0 aromatic heterocycles. The van der Waals surface area contributed by atoms with Gasteiger partial charge in [0.25, 0.3) is 0 Å². The molecule has 0 spiro atoms. The number of morpholine rings is 1. The van der Waals surface area contributed by atoms with Crippen molar-refractivity contribution in [2.75, 3.05) is 26.3 Å². The number of sulfonamides is 1. The third kappa shape index (κ3) is 7.34. The van der Waals surface area contributed by atoms with E-state index in [0.717, 1.165) is 69.5 Å². The Kier molecular flexibility index (Phi) is 8.79. The van der Waals surface area contributed by atoms with Crippen LogP contribution in [-0.4, -0.2) is 45.5 Å². The maximum Gasteiger partial charge on any atom is 0.416 e. The van der Waals surface area contributed by atoms with Gasteiger partial charge in [-0.2, -0.15) is 13.2 Å². The molecule has 1 aliphatic carbocycles. The molecule has 1 saturated heterocycles. The van der Waals surface area contributed by atoms with Crippen LogP contribution in [-0.2, 0) is 38.7 Å². The lowest BCUT2D eigenvalue weighted by Crippen LogP contribution is -2.35. The molecule has 0 saturated carbocycles. The van der Waals surface area contributed by atoms with Crippen LogP contribution >= 0.6 is 0 Å². The molecule has 2 aliphatic rings. The second kappa shape index (κ2) is 12.3. The first-order chi connectivity index (χ1) is 19.6. The molecule has 0 bridgehead atoms. The number of amides is 1. The van der Waals surface area contributed by atoms with Crippen molar-refractivity contribution in [3.8, 4) is 0 Å². The largest absolute Gasteiger partial charge is 0.416 e. The number of hydrogen-bond donors (Lipinski definition) is 2. The maximum absolute atomic E-state index is 13.2. The fourth-order valence-corrected chi connectivity index (χ4v) is 6.65. The van der Waals surface area contributed by atoms with E-state index in [-0.39, 0.29) is 18.4 Å². The molecule has 3 aromatic carbocycles. The summed E-state index contributed by atoms with van der Waals surface area (Å²) in [5, 5.41) is 3.04. The van der Waals surface area contributed by atoms with Gasteiger partial charge >= 0.3 is 6.18 Å². The van der Waals surface area contributed by atoms with E-state index < -0.39 is 32.7 Å². The molecule has 0 radical (unpaired) electrons. The van der Waals surface area contributed by atoms with E-state index in [4.69, 9.17) is 4.74 Å². The molecule has 1 fully saturated rings. The molecule has 7 nitrogen and oxygen atoms in total. The lowest BCUT2D eigenvalue weighted by atomic mass is 10.0. The number of ether oxygens (including phenoxy) is 1. The van der Waals surface area contributed by atoms with Gasteiger partial charge in [0.1, 0.15) is 0 Å². The minimum Gasteiger partial charge on any atom is -0.379 e. The van der Waals surface area contributed by atoms with Gasteiger partial charge in [-0.25, -0.2) is 13.1 Å². The highest BCUT2D eigenvalue weighted by Crippen LogP contribution is 2.33. The van der Waals surface area contributed by atoms with Gasteiger partial charge in [0, 0.05) is 26.1 Å². The topological polar surface area (TPSA) is 87.7 Å².